The van der Waals surface area contributed by atoms with E-state index in [9.17, 15) is 8.42 Å². The quantitative estimate of drug-likeness (QED) is 0.725. The van der Waals surface area contributed by atoms with Crippen LogP contribution in [-0.4, -0.2) is 32.0 Å². The van der Waals surface area contributed by atoms with E-state index in [4.69, 9.17) is 0 Å². The Morgan fingerprint density at radius 2 is 2.00 bits per heavy atom. The van der Waals surface area contributed by atoms with Crippen LogP contribution in [0.15, 0.2) is 0 Å². The van der Waals surface area contributed by atoms with E-state index < -0.39 is 9.84 Å². The number of rotatable bonds is 2. The lowest BCUT2D eigenvalue weighted by Crippen LogP contribution is -2.39. The highest BCUT2D eigenvalue weighted by Gasteiger charge is 2.28. The fraction of sp³-hybridized carbons (Fsp3) is 1.00. The Morgan fingerprint density at radius 3 is 2.38 bits per heavy atom. The first-order valence-electron chi connectivity index (χ1n) is 4.74. The Kier molecular flexibility index (Phi) is 3.02. The van der Waals surface area contributed by atoms with Gasteiger partial charge in [-0.15, -0.1) is 0 Å². The molecule has 4 heteroatoms. The predicted octanol–water partition coefficient (Wildman–Crippen LogP) is 0.809. The summed E-state index contributed by atoms with van der Waals surface area (Å²) in [5.41, 5.74) is 0.0896. The van der Waals surface area contributed by atoms with Crippen molar-refractivity contribution in [2.24, 2.45) is 5.92 Å². The first kappa shape index (κ1) is 11.0. The summed E-state index contributed by atoms with van der Waals surface area (Å²) >= 11 is 0. The van der Waals surface area contributed by atoms with Crippen molar-refractivity contribution in [1.29, 1.82) is 0 Å². The van der Waals surface area contributed by atoms with Gasteiger partial charge in [-0.05, 0) is 39.7 Å². The lowest BCUT2D eigenvalue weighted by Gasteiger charge is -2.22. The Labute approximate surface area is 80.8 Å². The highest BCUT2D eigenvalue weighted by atomic mass is 32.2. The molecule has 1 unspecified atom stereocenters. The maximum Gasteiger partial charge on any atom is 0.150 e. The fourth-order valence-electron chi connectivity index (χ4n) is 1.48. The summed E-state index contributed by atoms with van der Waals surface area (Å²) in [6.45, 7) is 7.10. The first-order valence-corrected chi connectivity index (χ1v) is 6.56. The van der Waals surface area contributed by atoms with Gasteiger partial charge < -0.3 is 5.32 Å². The van der Waals surface area contributed by atoms with Gasteiger partial charge in [0.1, 0.15) is 0 Å². The SMILES string of the molecule is CC(C)(C)NCC1CCS(=O)(=O)C1. The average molecular weight is 205 g/mol. The monoisotopic (exact) mass is 205 g/mol. The molecule has 1 N–H and O–H groups in total. The Morgan fingerprint density at radius 1 is 1.38 bits per heavy atom. The third-order valence-corrected chi connectivity index (χ3v) is 4.08. The van der Waals surface area contributed by atoms with E-state index in [0.29, 0.717) is 17.4 Å². The molecule has 0 saturated carbocycles. The molecule has 78 valence electrons. The van der Waals surface area contributed by atoms with Gasteiger partial charge in [0.05, 0.1) is 11.5 Å². The van der Waals surface area contributed by atoms with Crippen molar-refractivity contribution in [3.05, 3.63) is 0 Å². The van der Waals surface area contributed by atoms with Crippen LogP contribution < -0.4 is 5.32 Å². The lowest BCUT2D eigenvalue weighted by atomic mass is 10.1. The van der Waals surface area contributed by atoms with E-state index in [1.807, 2.05) is 0 Å². The van der Waals surface area contributed by atoms with Crippen LogP contribution in [0.5, 0.6) is 0 Å². The summed E-state index contributed by atoms with van der Waals surface area (Å²) in [7, 11) is -2.70. The van der Waals surface area contributed by atoms with Gasteiger partial charge in [-0.25, -0.2) is 8.42 Å². The van der Waals surface area contributed by atoms with Crippen molar-refractivity contribution in [2.45, 2.75) is 32.7 Å². The topological polar surface area (TPSA) is 46.2 Å². The van der Waals surface area contributed by atoms with Gasteiger partial charge >= 0.3 is 0 Å². The number of nitrogens with one attached hydrogen (secondary N) is 1. The fourth-order valence-corrected chi connectivity index (χ4v) is 3.35. The molecule has 1 rings (SSSR count). The summed E-state index contributed by atoms with van der Waals surface area (Å²) < 4.78 is 22.3. The first-order chi connectivity index (χ1) is 5.79. The van der Waals surface area contributed by atoms with E-state index in [1.165, 1.54) is 0 Å². The molecule has 1 fully saturated rings. The largest absolute Gasteiger partial charge is 0.312 e. The van der Waals surface area contributed by atoms with Crippen molar-refractivity contribution >= 4 is 9.84 Å². The summed E-state index contributed by atoms with van der Waals surface area (Å²) in [5.74, 6) is 1.07. The van der Waals surface area contributed by atoms with Gasteiger partial charge in [-0.1, -0.05) is 0 Å². The normalized spacial score (nSPS) is 27.8. The maximum atomic E-state index is 11.1. The molecule has 1 saturated heterocycles. The molecule has 0 amide bonds. The smallest absolute Gasteiger partial charge is 0.150 e. The van der Waals surface area contributed by atoms with Gasteiger partial charge in [0, 0.05) is 5.54 Å². The van der Waals surface area contributed by atoms with Crippen LogP contribution in [0.2, 0.25) is 0 Å². The van der Waals surface area contributed by atoms with Crippen LogP contribution in [0.25, 0.3) is 0 Å². The average Bonchev–Trinajstić information content (AvgIpc) is 2.24. The Balaban J connectivity index is 2.34. The number of sulfone groups is 1. The minimum atomic E-state index is -2.70. The zero-order chi connectivity index (χ0) is 10.1. The molecule has 0 bridgehead atoms. The minimum absolute atomic E-state index is 0.0896. The molecule has 0 aromatic carbocycles. The zero-order valence-electron chi connectivity index (χ0n) is 8.63. The highest BCUT2D eigenvalue weighted by Crippen LogP contribution is 2.18. The molecule has 0 spiro atoms. The minimum Gasteiger partial charge on any atom is -0.312 e. The molecular weight excluding hydrogens is 186 g/mol. The molecular formula is C9H19NO2S. The second-order valence-corrected chi connectivity index (χ2v) is 7.13. The Hall–Kier alpha value is -0.0900. The van der Waals surface area contributed by atoms with Crippen LogP contribution in [0.4, 0.5) is 0 Å². The van der Waals surface area contributed by atoms with Gasteiger partial charge in [0.25, 0.3) is 0 Å². The molecule has 13 heavy (non-hydrogen) atoms. The van der Waals surface area contributed by atoms with E-state index in [1.54, 1.807) is 0 Å². The van der Waals surface area contributed by atoms with Crippen molar-refractivity contribution in [2.75, 3.05) is 18.1 Å². The second kappa shape index (κ2) is 3.58. The molecule has 1 atom stereocenters. The highest BCUT2D eigenvalue weighted by molar-refractivity contribution is 7.91. The summed E-state index contributed by atoms with van der Waals surface area (Å²) in [6.07, 6.45) is 0.825. The molecule has 0 aromatic rings. The van der Waals surface area contributed by atoms with Crippen molar-refractivity contribution < 1.29 is 8.42 Å². The summed E-state index contributed by atoms with van der Waals surface area (Å²) in [4.78, 5) is 0. The standard InChI is InChI=1S/C9H19NO2S/c1-9(2,3)10-6-8-4-5-13(11,12)7-8/h8,10H,4-7H2,1-3H3. The molecule has 3 nitrogen and oxygen atoms in total. The second-order valence-electron chi connectivity index (χ2n) is 4.90. The van der Waals surface area contributed by atoms with E-state index in [-0.39, 0.29) is 5.54 Å². The van der Waals surface area contributed by atoms with E-state index in [0.717, 1.165) is 13.0 Å². The van der Waals surface area contributed by atoms with Crippen LogP contribution in [0, 0.1) is 5.92 Å². The van der Waals surface area contributed by atoms with Gasteiger partial charge in [-0.2, -0.15) is 0 Å². The zero-order valence-corrected chi connectivity index (χ0v) is 9.45. The lowest BCUT2D eigenvalue weighted by molar-refractivity contribution is 0.385. The van der Waals surface area contributed by atoms with E-state index in [2.05, 4.69) is 26.1 Å². The third-order valence-electron chi connectivity index (χ3n) is 2.25. The van der Waals surface area contributed by atoms with Gasteiger partial charge in [-0.3, -0.25) is 0 Å². The van der Waals surface area contributed by atoms with Crippen LogP contribution >= 0.6 is 0 Å². The number of hydrogen-bond acceptors (Lipinski definition) is 3. The summed E-state index contributed by atoms with van der Waals surface area (Å²) in [6, 6.07) is 0. The van der Waals surface area contributed by atoms with Crippen LogP contribution in [0.3, 0.4) is 0 Å². The van der Waals surface area contributed by atoms with Crippen LogP contribution in [0.1, 0.15) is 27.2 Å². The number of hydrogen-bond donors (Lipinski definition) is 1. The maximum absolute atomic E-state index is 11.1. The van der Waals surface area contributed by atoms with Gasteiger partial charge in [0.15, 0.2) is 9.84 Å². The molecule has 0 aromatic heterocycles. The molecule has 0 radical (unpaired) electrons. The van der Waals surface area contributed by atoms with Crippen molar-refractivity contribution in [1.82, 2.24) is 5.32 Å². The molecule has 1 aliphatic heterocycles. The predicted molar refractivity (Wildman–Crippen MR) is 54.5 cm³/mol. The van der Waals surface area contributed by atoms with Crippen molar-refractivity contribution in [3.63, 3.8) is 0 Å². The van der Waals surface area contributed by atoms with Crippen LogP contribution in [-0.2, 0) is 9.84 Å². The summed E-state index contributed by atoms with van der Waals surface area (Å²) in [5, 5.41) is 3.34. The Bertz CT molecular complexity index is 264. The van der Waals surface area contributed by atoms with Gasteiger partial charge in [0.2, 0.25) is 0 Å². The molecule has 0 aliphatic carbocycles. The molecule has 1 heterocycles. The van der Waals surface area contributed by atoms with Crippen molar-refractivity contribution in [3.8, 4) is 0 Å². The van der Waals surface area contributed by atoms with E-state index >= 15 is 0 Å². The third kappa shape index (κ3) is 4.09. The molecule has 1 aliphatic rings.